The SMILES string of the molecule is CCCNc1cc(Nc2ccc(C)c(N(C)C)c2)ncn1. The first-order chi connectivity index (χ1) is 10.1. The standard InChI is InChI=1S/C16H23N5/c1-5-8-17-15-10-16(19-11-18-15)20-13-7-6-12(2)14(9-13)21(3)4/h6-7,9-11H,5,8H2,1-4H3,(H2,17,18,19,20). The molecule has 0 atom stereocenters. The topological polar surface area (TPSA) is 53.1 Å². The lowest BCUT2D eigenvalue weighted by molar-refractivity contribution is 0.965. The maximum Gasteiger partial charge on any atom is 0.135 e. The van der Waals surface area contributed by atoms with Gasteiger partial charge in [0, 0.05) is 38.1 Å². The molecule has 1 heterocycles. The summed E-state index contributed by atoms with van der Waals surface area (Å²) in [6.07, 6.45) is 2.64. The van der Waals surface area contributed by atoms with Crippen molar-refractivity contribution in [3.8, 4) is 0 Å². The van der Waals surface area contributed by atoms with Crippen molar-refractivity contribution in [3.05, 3.63) is 36.2 Å². The molecule has 0 fully saturated rings. The Morgan fingerprint density at radius 2 is 1.86 bits per heavy atom. The van der Waals surface area contributed by atoms with Crippen LogP contribution in [0, 0.1) is 6.92 Å². The number of rotatable bonds is 6. The molecule has 0 aliphatic heterocycles. The molecule has 2 rings (SSSR count). The highest BCUT2D eigenvalue weighted by molar-refractivity contribution is 5.66. The van der Waals surface area contributed by atoms with Crippen LogP contribution in [0.15, 0.2) is 30.6 Å². The van der Waals surface area contributed by atoms with Gasteiger partial charge in [-0.3, -0.25) is 0 Å². The molecular formula is C16H23N5. The van der Waals surface area contributed by atoms with E-state index in [1.54, 1.807) is 6.33 Å². The second-order valence-electron chi connectivity index (χ2n) is 5.24. The molecule has 1 aromatic carbocycles. The number of nitrogens with one attached hydrogen (secondary N) is 2. The third-order valence-corrected chi connectivity index (χ3v) is 3.19. The van der Waals surface area contributed by atoms with Gasteiger partial charge in [0.1, 0.15) is 18.0 Å². The van der Waals surface area contributed by atoms with E-state index in [9.17, 15) is 0 Å². The molecular weight excluding hydrogens is 262 g/mol. The largest absolute Gasteiger partial charge is 0.377 e. The van der Waals surface area contributed by atoms with Crippen molar-refractivity contribution in [1.29, 1.82) is 0 Å². The van der Waals surface area contributed by atoms with Gasteiger partial charge in [-0.25, -0.2) is 9.97 Å². The molecule has 0 radical (unpaired) electrons. The summed E-state index contributed by atoms with van der Waals surface area (Å²) in [5, 5.41) is 6.59. The number of nitrogens with zero attached hydrogens (tertiary/aromatic N) is 3. The number of aryl methyl sites for hydroxylation is 1. The molecule has 0 aliphatic carbocycles. The molecule has 112 valence electrons. The molecule has 2 N–H and O–H groups in total. The van der Waals surface area contributed by atoms with Crippen LogP contribution in [0.1, 0.15) is 18.9 Å². The maximum absolute atomic E-state index is 4.26. The van der Waals surface area contributed by atoms with Gasteiger partial charge in [-0.2, -0.15) is 0 Å². The van der Waals surface area contributed by atoms with E-state index in [1.807, 2.05) is 20.2 Å². The van der Waals surface area contributed by atoms with Crippen LogP contribution in [0.25, 0.3) is 0 Å². The van der Waals surface area contributed by atoms with Gasteiger partial charge in [-0.15, -0.1) is 0 Å². The fraction of sp³-hybridized carbons (Fsp3) is 0.375. The van der Waals surface area contributed by atoms with E-state index in [0.29, 0.717) is 0 Å². The Kier molecular flexibility index (Phi) is 4.98. The number of hydrogen-bond acceptors (Lipinski definition) is 5. The lowest BCUT2D eigenvalue weighted by Crippen LogP contribution is -2.10. The second kappa shape index (κ2) is 6.92. The van der Waals surface area contributed by atoms with Crippen molar-refractivity contribution in [3.63, 3.8) is 0 Å². The Balaban J connectivity index is 2.16. The van der Waals surface area contributed by atoms with E-state index >= 15 is 0 Å². The summed E-state index contributed by atoms with van der Waals surface area (Å²) < 4.78 is 0. The van der Waals surface area contributed by atoms with E-state index in [4.69, 9.17) is 0 Å². The van der Waals surface area contributed by atoms with Crippen LogP contribution < -0.4 is 15.5 Å². The Hall–Kier alpha value is -2.30. The molecule has 5 nitrogen and oxygen atoms in total. The molecule has 21 heavy (non-hydrogen) atoms. The van der Waals surface area contributed by atoms with Gasteiger partial charge >= 0.3 is 0 Å². The third-order valence-electron chi connectivity index (χ3n) is 3.19. The van der Waals surface area contributed by atoms with Gasteiger partial charge < -0.3 is 15.5 Å². The summed E-state index contributed by atoms with van der Waals surface area (Å²) in [4.78, 5) is 10.6. The lowest BCUT2D eigenvalue weighted by atomic mass is 10.1. The lowest BCUT2D eigenvalue weighted by Gasteiger charge is -2.17. The average Bonchev–Trinajstić information content (AvgIpc) is 2.47. The Bertz CT molecular complexity index is 595. The summed E-state index contributed by atoms with van der Waals surface area (Å²) >= 11 is 0. The van der Waals surface area contributed by atoms with Crippen LogP contribution in [-0.2, 0) is 0 Å². The monoisotopic (exact) mass is 285 g/mol. The maximum atomic E-state index is 4.26. The zero-order chi connectivity index (χ0) is 15.2. The van der Waals surface area contributed by atoms with E-state index in [1.165, 1.54) is 11.3 Å². The highest BCUT2D eigenvalue weighted by Crippen LogP contribution is 2.24. The molecule has 0 saturated carbocycles. The summed E-state index contributed by atoms with van der Waals surface area (Å²) in [7, 11) is 4.09. The van der Waals surface area contributed by atoms with E-state index in [-0.39, 0.29) is 0 Å². The molecule has 1 aromatic heterocycles. The van der Waals surface area contributed by atoms with Gasteiger partial charge in [0.2, 0.25) is 0 Å². The van der Waals surface area contributed by atoms with Crippen LogP contribution in [0.3, 0.4) is 0 Å². The molecule has 0 saturated heterocycles. The first kappa shape index (κ1) is 15.1. The number of aromatic nitrogens is 2. The minimum Gasteiger partial charge on any atom is -0.377 e. The van der Waals surface area contributed by atoms with E-state index in [2.05, 4.69) is 57.5 Å². The highest BCUT2D eigenvalue weighted by atomic mass is 15.1. The van der Waals surface area contributed by atoms with Gasteiger partial charge in [-0.05, 0) is 31.0 Å². The predicted molar refractivity (Wildman–Crippen MR) is 89.6 cm³/mol. The summed E-state index contributed by atoms with van der Waals surface area (Å²) in [5.74, 6) is 1.63. The number of anilines is 4. The van der Waals surface area contributed by atoms with Crippen molar-refractivity contribution in [1.82, 2.24) is 9.97 Å². The molecule has 2 aromatic rings. The number of benzene rings is 1. The Morgan fingerprint density at radius 3 is 2.57 bits per heavy atom. The first-order valence-corrected chi connectivity index (χ1v) is 7.21. The number of hydrogen-bond donors (Lipinski definition) is 2. The fourth-order valence-electron chi connectivity index (χ4n) is 2.09. The van der Waals surface area contributed by atoms with Crippen molar-refractivity contribution in [2.45, 2.75) is 20.3 Å². The zero-order valence-corrected chi connectivity index (χ0v) is 13.1. The molecule has 0 aliphatic rings. The highest BCUT2D eigenvalue weighted by Gasteiger charge is 2.04. The molecule has 5 heteroatoms. The van der Waals surface area contributed by atoms with Crippen molar-refractivity contribution < 1.29 is 0 Å². The van der Waals surface area contributed by atoms with Crippen LogP contribution >= 0.6 is 0 Å². The third kappa shape index (κ3) is 4.08. The van der Waals surface area contributed by atoms with Crippen molar-refractivity contribution >= 4 is 23.0 Å². The minimum absolute atomic E-state index is 0.789. The normalized spacial score (nSPS) is 10.3. The van der Waals surface area contributed by atoms with Gasteiger partial charge in [0.15, 0.2) is 0 Å². The van der Waals surface area contributed by atoms with Crippen LogP contribution in [0.5, 0.6) is 0 Å². The quantitative estimate of drug-likeness (QED) is 0.851. The first-order valence-electron chi connectivity index (χ1n) is 7.21. The zero-order valence-electron chi connectivity index (χ0n) is 13.1. The summed E-state index contributed by atoms with van der Waals surface area (Å²) in [5.41, 5.74) is 3.46. The van der Waals surface area contributed by atoms with Crippen molar-refractivity contribution in [2.75, 3.05) is 36.2 Å². The molecule has 0 bridgehead atoms. The summed E-state index contributed by atoms with van der Waals surface area (Å²) in [6, 6.07) is 8.21. The van der Waals surface area contributed by atoms with E-state index in [0.717, 1.165) is 30.3 Å². The fourth-order valence-corrected chi connectivity index (χ4v) is 2.09. The predicted octanol–water partition coefficient (Wildman–Crippen LogP) is 3.42. The molecule has 0 unspecified atom stereocenters. The summed E-state index contributed by atoms with van der Waals surface area (Å²) in [6.45, 7) is 5.14. The van der Waals surface area contributed by atoms with Crippen LogP contribution in [0.2, 0.25) is 0 Å². The second-order valence-corrected chi connectivity index (χ2v) is 5.24. The smallest absolute Gasteiger partial charge is 0.135 e. The van der Waals surface area contributed by atoms with Gasteiger partial charge in [0.25, 0.3) is 0 Å². The Labute approximate surface area is 126 Å². The van der Waals surface area contributed by atoms with Crippen molar-refractivity contribution in [2.24, 2.45) is 0 Å². The molecule has 0 spiro atoms. The van der Waals surface area contributed by atoms with E-state index < -0.39 is 0 Å². The van der Waals surface area contributed by atoms with Crippen LogP contribution in [0.4, 0.5) is 23.0 Å². The Morgan fingerprint density at radius 1 is 1.10 bits per heavy atom. The molecule has 0 amide bonds. The van der Waals surface area contributed by atoms with Gasteiger partial charge in [-0.1, -0.05) is 13.0 Å². The van der Waals surface area contributed by atoms with Crippen LogP contribution in [-0.4, -0.2) is 30.6 Å². The van der Waals surface area contributed by atoms with Gasteiger partial charge in [0.05, 0.1) is 0 Å². The average molecular weight is 285 g/mol. The minimum atomic E-state index is 0.789.